The zero-order valence-electron chi connectivity index (χ0n) is 25.1. The summed E-state index contributed by atoms with van der Waals surface area (Å²) in [5.74, 6) is 3.23. The van der Waals surface area contributed by atoms with E-state index in [0.717, 1.165) is 57.9 Å². The molecule has 0 aromatic rings. The molecular formula is C34H57NO3. The van der Waals surface area contributed by atoms with Crippen molar-refractivity contribution in [1.82, 2.24) is 5.32 Å². The molecule has 0 aromatic carbocycles. The molecular weight excluding hydrogens is 470 g/mol. The highest BCUT2D eigenvalue weighted by Gasteiger charge is 2.64. The number of aliphatic hydroxyl groups is 1. The molecule has 7 atom stereocenters. The molecule has 0 spiro atoms. The molecule has 3 saturated carbocycles. The average Bonchev–Trinajstić information content (AvgIpc) is 3.13. The zero-order chi connectivity index (χ0) is 27.4. The number of nitrogens with one attached hydrogen (secondary N) is 1. The molecule has 4 heteroatoms. The van der Waals surface area contributed by atoms with Crippen LogP contribution < -0.4 is 5.32 Å². The second-order valence-electron chi connectivity index (χ2n) is 14.3. The third-order valence-electron chi connectivity index (χ3n) is 12.0. The minimum absolute atomic E-state index is 0.0456. The van der Waals surface area contributed by atoms with Crippen LogP contribution in [0.1, 0.15) is 143 Å². The van der Waals surface area contributed by atoms with Gasteiger partial charge in [-0.1, -0.05) is 71.3 Å². The van der Waals surface area contributed by atoms with Gasteiger partial charge in [0.05, 0.1) is 5.60 Å². The summed E-state index contributed by atoms with van der Waals surface area (Å²) in [6.07, 6.45) is 22.2. The van der Waals surface area contributed by atoms with Gasteiger partial charge in [0, 0.05) is 19.4 Å². The van der Waals surface area contributed by atoms with Gasteiger partial charge in [0.15, 0.2) is 5.78 Å². The number of unbranched alkanes of at least 4 members (excludes halogenated alkanes) is 7. The molecule has 4 aliphatic carbocycles. The number of fused-ring (bicyclic) bond motifs is 5. The molecule has 0 saturated heterocycles. The Hall–Kier alpha value is -1.16. The summed E-state index contributed by atoms with van der Waals surface area (Å²) in [7, 11) is 0. The molecule has 2 N–H and O–H groups in total. The Morgan fingerprint density at radius 1 is 0.947 bits per heavy atom. The lowest BCUT2D eigenvalue weighted by atomic mass is 9.44. The number of rotatable bonds is 13. The second-order valence-corrected chi connectivity index (χ2v) is 14.3. The second kappa shape index (κ2) is 12.6. The fourth-order valence-corrected chi connectivity index (χ4v) is 9.31. The molecule has 216 valence electrons. The lowest BCUT2D eigenvalue weighted by Gasteiger charge is -2.61. The molecule has 0 bridgehead atoms. The summed E-state index contributed by atoms with van der Waals surface area (Å²) >= 11 is 0. The average molecular weight is 528 g/mol. The van der Waals surface area contributed by atoms with Gasteiger partial charge in [0.25, 0.3) is 0 Å². The van der Waals surface area contributed by atoms with E-state index < -0.39 is 5.60 Å². The summed E-state index contributed by atoms with van der Waals surface area (Å²) in [6, 6.07) is 0. The highest BCUT2D eigenvalue weighted by atomic mass is 16.3. The molecule has 4 rings (SSSR count). The van der Waals surface area contributed by atoms with Crippen LogP contribution in [-0.4, -0.2) is 28.9 Å². The largest absolute Gasteiger partial charge is 0.390 e. The SMILES string of the molecule is CCCCC(=O)NCCCCCCCCC[C@@H]1CC2=CC(=O)CC[C@]2(C)C2CC[C@@]3(C)C(CC[C@]3(C)O)C21. The first-order valence-corrected chi connectivity index (χ1v) is 16.4. The van der Waals surface area contributed by atoms with E-state index in [1.165, 1.54) is 63.4 Å². The number of hydrogen-bond donors (Lipinski definition) is 2. The number of ketones is 1. The van der Waals surface area contributed by atoms with E-state index in [-0.39, 0.29) is 16.7 Å². The first-order valence-electron chi connectivity index (χ1n) is 16.4. The lowest BCUT2D eigenvalue weighted by Crippen LogP contribution is -2.56. The van der Waals surface area contributed by atoms with Crippen LogP contribution in [0.15, 0.2) is 11.6 Å². The van der Waals surface area contributed by atoms with Crippen LogP contribution in [0.5, 0.6) is 0 Å². The molecule has 4 nitrogen and oxygen atoms in total. The van der Waals surface area contributed by atoms with Crippen molar-refractivity contribution in [2.75, 3.05) is 6.54 Å². The smallest absolute Gasteiger partial charge is 0.219 e. The van der Waals surface area contributed by atoms with Crippen molar-refractivity contribution >= 4 is 11.7 Å². The maximum absolute atomic E-state index is 12.4. The number of hydrogen-bond acceptors (Lipinski definition) is 3. The topological polar surface area (TPSA) is 66.4 Å². The third-order valence-corrected chi connectivity index (χ3v) is 12.0. The highest BCUT2D eigenvalue weighted by Crippen LogP contribution is 2.69. The van der Waals surface area contributed by atoms with E-state index in [1.54, 1.807) is 0 Å². The maximum atomic E-state index is 12.4. The van der Waals surface area contributed by atoms with Gasteiger partial charge in [-0.25, -0.2) is 0 Å². The Balaban J connectivity index is 1.26. The summed E-state index contributed by atoms with van der Waals surface area (Å²) in [5, 5.41) is 14.4. The minimum atomic E-state index is -0.537. The first-order chi connectivity index (χ1) is 18.1. The normalized spacial score (nSPS) is 38.2. The Morgan fingerprint density at radius 3 is 2.37 bits per heavy atom. The summed E-state index contributed by atoms with van der Waals surface area (Å²) < 4.78 is 0. The summed E-state index contributed by atoms with van der Waals surface area (Å²) in [6.45, 7) is 9.94. The summed E-state index contributed by atoms with van der Waals surface area (Å²) in [5.41, 5.74) is 1.17. The van der Waals surface area contributed by atoms with E-state index in [0.29, 0.717) is 35.9 Å². The van der Waals surface area contributed by atoms with Gasteiger partial charge in [0.2, 0.25) is 5.91 Å². The fraction of sp³-hybridized carbons (Fsp3) is 0.882. The summed E-state index contributed by atoms with van der Waals surface area (Å²) in [4.78, 5) is 24.1. The van der Waals surface area contributed by atoms with E-state index in [4.69, 9.17) is 0 Å². The van der Waals surface area contributed by atoms with E-state index >= 15 is 0 Å². The van der Waals surface area contributed by atoms with Crippen molar-refractivity contribution in [3.8, 4) is 0 Å². The van der Waals surface area contributed by atoms with E-state index in [2.05, 4.69) is 39.1 Å². The van der Waals surface area contributed by atoms with Crippen molar-refractivity contribution in [3.05, 3.63) is 11.6 Å². The molecule has 0 aromatic heterocycles. The standard InChI is InChI=1S/C34H57NO3/c1-5-6-15-30(37)35-22-13-11-9-7-8-10-12-14-25-23-26-24-27(36)16-19-32(26,2)28-17-20-33(3)29(31(25)28)18-21-34(33,4)38/h24-25,28-29,31,38H,5-23H2,1-4H3,(H,35,37)/t25-,28?,29?,31?,32+,33+,34+/m1/s1. The molecule has 38 heavy (non-hydrogen) atoms. The first kappa shape index (κ1) is 29.8. The van der Waals surface area contributed by atoms with Gasteiger partial charge >= 0.3 is 0 Å². The van der Waals surface area contributed by atoms with Crippen LogP contribution in [0.3, 0.4) is 0 Å². The van der Waals surface area contributed by atoms with Crippen LogP contribution in [0, 0.1) is 34.5 Å². The Bertz CT molecular complexity index is 862. The number of amides is 1. The molecule has 0 aliphatic heterocycles. The van der Waals surface area contributed by atoms with Crippen molar-refractivity contribution in [2.45, 2.75) is 149 Å². The van der Waals surface area contributed by atoms with Gasteiger partial charge in [-0.2, -0.15) is 0 Å². The van der Waals surface area contributed by atoms with Crippen LogP contribution in [0.25, 0.3) is 0 Å². The third kappa shape index (κ3) is 6.11. The Labute approximate surface area is 233 Å². The molecule has 1 amide bonds. The van der Waals surface area contributed by atoms with Crippen LogP contribution in [-0.2, 0) is 9.59 Å². The Morgan fingerprint density at radius 2 is 1.63 bits per heavy atom. The van der Waals surface area contributed by atoms with Crippen LogP contribution in [0.2, 0.25) is 0 Å². The van der Waals surface area contributed by atoms with Crippen LogP contribution >= 0.6 is 0 Å². The zero-order valence-corrected chi connectivity index (χ0v) is 25.1. The van der Waals surface area contributed by atoms with Gasteiger partial charge in [0.1, 0.15) is 0 Å². The lowest BCUT2D eigenvalue weighted by molar-refractivity contribution is -0.135. The molecule has 3 unspecified atom stereocenters. The number of carbonyl (C=O) groups excluding carboxylic acids is 2. The maximum Gasteiger partial charge on any atom is 0.219 e. The van der Waals surface area contributed by atoms with E-state index in [1.807, 2.05) is 0 Å². The molecule has 4 aliphatic rings. The molecule has 0 heterocycles. The molecule has 0 radical (unpaired) electrons. The minimum Gasteiger partial charge on any atom is -0.390 e. The van der Waals surface area contributed by atoms with Gasteiger partial charge in [-0.05, 0) is 105 Å². The highest BCUT2D eigenvalue weighted by molar-refractivity contribution is 5.91. The van der Waals surface area contributed by atoms with Crippen molar-refractivity contribution < 1.29 is 14.7 Å². The van der Waals surface area contributed by atoms with E-state index in [9.17, 15) is 14.7 Å². The fourth-order valence-electron chi connectivity index (χ4n) is 9.31. The van der Waals surface area contributed by atoms with Crippen molar-refractivity contribution in [1.29, 1.82) is 0 Å². The predicted octanol–water partition coefficient (Wildman–Crippen LogP) is 7.92. The van der Waals surface area contributed by atoms with Crippen LogP contribution in [0.4, 0.5) is 0 Å². The van der Waals surface area contributed by atoms with Crippen molar-refractivity contribution in [2.24, 2.45) is 34.5 Å². The van der Waals surface area contributed by atoms with Gasteiger partial charge in [-0.3, -0.25) is 9.59 Å². The number of carbonyl (C=O) groups is 2. The molecule has 3 fully saturated rings. The predicted molar refractivity (Wildman–Crippen MR) is 156 cm³/mol. The van der Waals surface area contributed by atoms with Gasteiger partial charge < -0.3 is 10.4 Å². The van der Waals surface area contributed by atoms with Gasteiger partial charge in [-0.15, -0.1) is 0 Å². The monoisotopic (exact) mass is 527 g/mol. The van der Waals surface area contributed by atoms with Crippen molar-refractivity contribution in [3.63, 3.8) is 0 Å². The number of allylic oxidation sites excluding steroid dienone is 1. The Kier molecular flexibility index (Phi) is 9.86. The quantitative estimate of drug-likeness (QED) is 0.239.